The van der Waals surface area contributed by atoms with Crippen LogP contribution < -0.4 is 0 Å². The fourth-order valence-electron chi connectivity index (χ4n) is 5.90. The maximum Gasteiger partial charge on any atom is 0.329 e. The smallest absolute Gasteiger partial charge is 0.329 e. The molecule has 1 N–H and O–H groups in total. The summed E-state index contributed by atoms with van der Waals surface area (Å²) < 4.78 is 29.0. The minimum atomic E-state index is -1.11. The van der Waals surface area contributed by atoms with Crippen LogP contribution in [0.25, 0.3) is 0 Å². The number of ketones is 1. The lowest BCUT2D eigenvalue weighted by Gasteiger charge is -2.42. The summed E-state index contributed by atoms with van der Waals surface area (Å²) in [6.07, 6.45) is 4.89. The van der Waals surface area contributed by atoms with E-state index in [1.807, 2.05) is 24.3 Å². The summed E-state index contributed by atoms with van der Waals surface area (Å²) in [7, 11) is 1.67. The number of carboxylic acids is 1. The molecule has 0 radical (unpaired) electrons. The molecule has 9 nitrogen and oxygen atoms in total. The van der Waals surface area contributed by atoms with Crippen molar-refractivity contribution >= 4 is 17.7 Å². The van der Waals surface area contributed by atoms with Gasteiger partial charge < -0.3 is 28.8 Å². The molecule has 0 unspecified atom stereocenters. The topological polar surface area (TPSA) is 124 Å². The molecule has 2 aliphatic heterocycles. The van der Waals surface area contributed by atoms with Gasteiger partial charge in [-0.2, -0.15) is 0 Å². The minimum absolute atomic E-state index is 0.0121. The Hall–Kier alpha value is -2.59. The van der Waals surface area contributed by atoms with Crippen LogP contribution in [0.4, 0.5) is 0 Å². The highest BCUT2D eigenvalue weighted by molar-refractivity contribution is 5.82. The molecule has 6 atom stereocenters. The number of carbonyl (C=O) groups excluding carboxylic acids is 2. The maximum atomic E-state index is 12.8. The van der Waals surface area contributed by atoms with E-state index >= 15 is 0 Å². The first-order valence-electron chi connectivity index (χ1n) is 13.6. The second-order valence-electron chi connectivity index (χ2n) is 11.3. The largest absolute Gasteiger partial charge is 0.480 e. The van der Waals surface area contributed by atoms with Crippen LogP contribution in [0.3, 0.4) is 0 Å². The molecule has 1 aromatic carbocycles. The number of carbonyl (C=O) groups is 3. The molecule has 39 heavy (non-hydrogen) atoms. The SMILES string of the molecule is CO[C@@H]1[C@H](OC(=O)CCc2ccc(CC(=O)COCC(=O)O)cc2)CC[C@]2(CO2)[C@H]1[C@@]1(C)O[C@@H]1CC=C(C)C. The fraction of sp³-hybridized carbons (Fsp3) is 0.633. The summed E-state index contributed by atoms with van der Waals surface area (Å²) in [5.41, 5.74) is 2.39. The molecular weight excluding hydrogens is 504 g/mol. The highest BCUT2D eigenvalue weighted by Gasteiger charge is 2.72. The average molecular weight is 545 g/mol. The van der Waals surface area contributed by atoms with Crippen LogP contribution in [0.15, 0.2) is 35.9 Å². The van der Waals surface area contributed by atoms with Crippen LogP contribution in [0.5, 0.6) is 0 Å². The zero-order valence-corrected chi connectivity index (χ0v) is 23.3. The Morgan fingerprint density at radius 1 is 1.13 bits per heavy atom. The summed E-state index contributed by atoms with van der Waals surface area (Å²) >= 11 is 0. The predicted molar refractivity (Wildman–Crippen MR) is 141 cm³/mol. The number of aliphatic carboxylic acids is 1. The molecule has 3 fully saturated rings. The number of allylic oxidation sites excluding steroid dienone is 1. The number of methoxy groups -OCH3 is 1. The van der Waals surface area contributed by atoms with Gasteiger partial charge >= 0.3 is 11.9 Å². The van der Waals surface area contributed by atoms with Gasteiger partial charge in [0.1, 0.15) is 36.6 Å². The second kappa shape index (κ2) is 12.3. The Labute approximate surface area is 229 Å². The van der Waals surface area contributed by atoms with E-state index in [1.54, 1.807) is 7.11 Å². The number of Topliss-reactive ketones (excluding diaryl/α,β-unsaturated/α-hetero) is 1. The number of carboxylic acid groups (broad SMARTS) is 1. The number of hydrogen-bond acceptors (Lipinski definition) is 8. The lowest BCUT2D eigenvalue weighted by molar-refractivity contribution is -0.171. The van der Waals surface area contributed by atoms with Crippen LogP contribution in [0.1, 0.15) is 57.6 Å². The van der Waals surface area contributed by atoms with Crippen molar-refractivity contribution in [1.29, 1.82) is 0 Å². The number of rotatable bonds is 14. The number of esters is 1. The summed E-state index contributed by atoms with van der Waals surface area (Å²) in [6, 6.07) is 7.43. The molecule has 0 amide bonds. The molecular formula is C30H40O9. The molecule has 214 valence electrons. The van der Waals surface area contributed by atoms with Crippen LogP contribution in [-0.4, -0.2) is 79.3 Å². The number of aryl methyl sites for hydroxylation is 1. The van der Waals surface area contributed by atoms with Gasteiger partial charge in [0.05, 0.1) is 18.6 Å². The molecule has 0 bridgehead atoms. The van der Waals surface area contributed by atoms with E-state index in [0.717, 1.165) is 24.0 Å². The van der Waals surface area contributed by atoms with Gasteiger partial charge in [0.15, 0.2) is 5.78 Å². The Bertz CT molecular complexity index is 1070. The maximum absolute atomic E-state index is 12.8. The van der Waals surface area contributed by atoms with E-state index in [0.29, 0.717) is 19.4 Å². The highest BCUT2D eigenvalue weighted by Crippen LogP contribution is 2.59. The van der Waals surface area contributed by atoms with Gasteiger partial charge in [-0.15, -0.1) is 0 Å². The zero-order valence-electron chi connectivity index (χ0n) is 23.3. The van der Waals surface area contributed by atoms with Gasteiger partial charge in [-0.25, -0.2) is 4.79 Å². The first-order valence-corrected chi connectivity index (χ1v) is 13.6. The van der Waals surface area contributed by atoms with E-state index < -0.39 is 12.6 Å². The third-order valence-corrected chi connectivity index (χ3v) is 8.05. The average Bonchev–Trinajstić information content (AvgIpc) is 3.80. The van der Waals surface area contributed by atoms with Crippen molar-refractivity contribution in [3.05, 3.63) is 47.0 Å². The minimum Gasteiger partial charge on any atom is -0.480 e. The first kappa shape index (κ1) is 29.4. The third kappa shape index (κ3) is 7.33. The summed E-state index contributed by atoms with van der Waals surface area (Å²) in [5.74, 6) is -1.59. The molecule has 1 aliphatic carbocycles. The van der Waals surface area contributed by atoms with Gasteiger partial charge in [-0.05, 0) is 57.6 Å². The molecule has 4 rings (SSSR count). The van der Waals surface area contributed by atoms with E-state index in [4.69, 9.17) is 28.8 Å². The summed E-state index contributed by atoms with van der Waals surface area (Å²) in [6.45, 7) is 6.24. The monoisotopic (exact) mass is 544 g/mol. The standard InChI is InChI=1S/C30H40O9/c1-19(2)5-11-24-29(3,39-24)28-27(35-4)23(13-14-30(28)18-37-30)38-26(34)12-10-20-6-8-21(9-7-20)15-22(31)16-36-17-25(32)33/h5-9,23-24,27-28H,10-18H2,1-4H3,(H,32,33)/t23-,24-,27-,28-,29+,30+/m1/s1. The molecule has 1 spiro atoms. The van der Waals surface area contributed by atoms with E-state index in [-0.39, 0.29) is 66.6 Å². The van der Waals surface area contributed by atoms with Gasteiger partial charge in [0, 0.05) is 20.0 Å². The van der Waals surface area contributed by atoms with Crippen molar-refractivity contribution in [2.75, 3.05) is 26.9 Å². The molecule has 2 heterocycles. The van der Waals surface area contributed by atoms with Gasteiger partial charge in [-0.1, -0.05) is 35.9 Å². The van der Waals surface area contributed by atoms with Crippen molar-refractivity contribution in [3.63, 3.8) is 0 Å². The Morgan fingerprint density at radius 2 is 1.82 bits per heavy atom. The van der Waals surface area contributed by atoms with Crippen LogP contribution >= 0.6 is 0 Å². The van der Waals surface area contributed by atoms with Gasteiger partial charge in [0.25, 0.3) is 0 Å². The van der Waals surface area contributed by atoms with E-state index in [1.165, 1.54) is 5.57 Å². The summed E-state index contributed by atoms with van der Waals surface area (Å²) in [4.78, 5) is 35.3. The summed E-state index contributed by atoms with van der Waals surface area (Å²) in [5, 5.41) is 8.58. The Morgan fingerprint density at radius 3 is 2.44 bits per heavy atom. The lowest BCUT2D eigenvalue weighted by atomic mass is 9.68. The number of benzene rings is 1. The van der Waals surface area contributed by atoms with Crippen LogP contribution in [-0.2, 0) is 50.9 Å². The van der Waals surface area contributed by atoms with E-state index in [2.05, 4.69) is 26.8 Å². The highest BCUT2D eigenvalue weighted by atomic mass is 16.6. The van der Waals surface area contributed by atoms with Gasteiger partial charge in [-0.3, -0.25) is 9.59 Å². The normalized spacial score (nSPS) is 31.0. The Kier molecular flexibility index (Phi) is 9.26. The molecule has 2 saturated heterocycles. The Balaban J connectivity index is 1.28. The first-order chi connectivity index (χ1) is 18.6. The van der Waals surface area contributed by atoms with Gasteiger partial charge in [0.2, 0.25) is 0 Å². The predicted octanol–water partition coefficient (Wildman–Crippen LogP) is 3.45. The van der Waals surface area contributed by atoms with Crippen LogP contribution in [0, 0.1) is 5.92 Å². The quantitative estimate of drug-likeness (QED) is 0.213. The number of epoxide rings is 2. The third-order valence-electron chi connectivity index (χ3n) is 8.05. The second-order valence-corrected chi connectivity index (χ2v) is 11.3. The van der Waals surface area contributed by atoms with Crippen molar-refractivity contribution in [2.24, 2.45) is 5.92 Å². The number of ether oxygens (including phenoxy) is 5. The van der Waals surface area contributed by atoms with E-state index in [9.17, 15) is 14.4 Å². The number of hydrogen-bond donors (Lipinski definition) is 1. The van der Waals surface area contributed by atoms with Crippen molar-refractivity contribution in [1.82, 2.24) is 0 Å². The van der Waals surface area contributed by atoms with Crippen molar-refractivity contribution in [2.45, 2.75) is 88.8 Å². The van der Waals surface area contributed by atoms with Crippen molar-refractivity contribution < 1.29 is 43.2 Å². The molecule has 3 aliphatic rings. The zero-order chi connectivity index (χ0) is 28.2. The fourth-order valence-corrected chi connectivity index (χ4v) is 5.90. The molecule has 0 aromatic heterocycles. The molecule has 1 aromatic rings. The molecule has 1 saturated carbocycles. The van der Waals surface area contributed by atoms with Crippen LogP contribution in [0.2, 0.25) is 0 Å². The van der Waals surface area contributed by atoms with Crippen molar-refractivity contribution in [3.8, 4) is 0 Å². The molecule has 9 heteroatoms. The lowest BCUT2D eigenvalue weighted by Crippen LogP contribution is -2.55.